The van der Waals surface area contributed by atoms with Gasteiger partial charge in [0.2, 0.25) is 11.8 Å². The van der Waals surface area contributed by atoms with Crippen LogP contribution in [0.25, 0.3) is 0 Å². The van der Waals surface area contributed by atoms with Crippen LogP contribution in [-0.2, 0) is 9.59 Å². The van der Waals surface area contributed by atoms with Crippen molar-refractivity contribution in [1.82, 2.24) is 21.3 Å². The average molecular weight is 395 g/mol. The molecule has 0 saturated carbocycles. The summed E-state index contributed by atoms with van der Waals surface area (Å²) in [7, 11) is 0. The van der Waals surface area contributed by atoms with Gasteiger partial charge in [0.25, 0.3) is 0 Å². The molecule has 0 aromatic carbocycles. The molecule has 0 aromatic rings. The van der Waals surface area contributed by atoms with Crippen LogP contribution in [0, 0.1) is 5.92 Å². The van der Waals surface area contributed by atoms with Gasteiger partial charge in [-0.2, -0.15) is 11.8 Å². The number of carbonyl (C=O) groups excluding carboxylic acids is 3. The predicted octanol–water partition coefficient (Wildman–Crippen LogP) is 1.30. The van der Waals surface area contributed by atoms with Gasteiger partial charge in [0.15, 0.2) is 0 Å². The molecular weight excluding hydrogens is 364 g/mol. The smallest absolute Gasteiger partial charge is 0.315 e. The first kappa shape index (κ1) is 20.0. The van der Waals surface area contributed by atoms with E-state index in [0.29, 0.717) is 24.8 Å². The second kappa shape index (κ2) is 10.0. The van der Waals surface area contributed by atoms with Crippen molar-refractivity contribution in [2.45, 2.75) is 62.3 Å². The number of amides is 4. The number of hydrogen-bond acceptors (Lipinski definition) is 4. The molecule has 4 N–H and O–H groups in total. The van der Waals surface area contributed by atoms with E-state index in [2.05, 4.69) is 33.4 Å². The van der Waals surface area contributed by atoms with Crippen LogP contribution >= 0.6 is 11.8 Å². The third-order valence-electron chi connectivity index (χ3n) is 5.43. The predicted molar refractivity (Wildman–Crippen MR) is 106 cm³/mol. The molecule has 0 spiro atoms. The number of rotatable bonds is 10. The monoisotopic (exact) mass is 394 g/mol. The maximum Gasteiger partial charge on any atom is 0.315 e. The van der Waals surface area contributed by atoms with Crippen molar-refractivity contribution < 1.29 is 14.4 Å². The lowest BCUT2D eigenvalue weighted by molar-refractivity contribution is -0.124. The van der Waals surface area contributed by atoms with E-state index in [4.69, 9.17) is 0 Å². The van der Waals surface area contributed by atoms with Crippen molar-refractivity contribution in [2.75, 3.05) is 18.8 Å². The number of urea groups is 1. The third-order valence-corrected chi connectivity index (χ3v) is 6.94. The Morgan fingerprint density at radius 1 is 1.07 bits per heavy atom. The first-order valence-corrected chi connectivity index (χ1v) is 11.1. The van der Waals surface area contributed by atoms with E-state index in [9.17, 15) is 14.4 Å². The highest BCUT2D eigenvalue weighted by atomic mass is 32.2. The van der Waals surface area contributed by atoms with Crippen LogP contribution in [0.5, 0.6) is 0 Å². The summed E-state index contributed by atoms with van der Waals surface area (Å²) in [6.45, 7) is 1.21. The number of hydrogen-bond donors (Lipinski definition) is 4. The van der Waals surface area contributed by atoms with Crippen LogP contribution in [0.3, 0.4) is 0 Å². The summed E-state index contributed by atoms with van der Waals surface area (Å²) in [5.74, 6) is 1.27. The normalized spacial score (nSPS) is 26.5. The fraction of sp³-hybridized carbons (Fsp3) is 0.737. The largest absolute Gasteiger partial charge is 0.356 e. The zero-order chi connectivity index (χ0) is 19.1. The Balaban J connectivity index is 1.16. The van der Waals surface area contributed by atoms with Crippen molar-refractivity contribution in [2.24, 2.45) is 5.92 Å². The summed E-state index contributed by atoms with van der Waals surface area (Å²) in [6, 6.07) is 0.457. The van der Waals surface area contributed by atoms with Crippen LogP contribution in [0.4, 0.5) is 4.79 Å². The molecule has 27 heavy (non-hydrogen) atoms. The zero-order valence-electron chi connectivity index (χ0n) is 15.7. The second-order valence-electron chi connectivity index (χ2n) is 7.50. The second-order valence-corrected chi connectivity index (χ2v) is 8.77. The van der Waals surface area contributed by atoms with Gasteiger partial charge < -0.3 is 21.3 Å². The van der Waals surface area contributed by atoms with E-state index < -0.39 is 0 Å². The molecule has 4 amide bonds. The molecule has 0 radical (unpaired) electrons. The Bertz CT molecular complexity index is 575. The summed E-state index contributed by atoms with van der Waals surface area (Å²) in [6.07, 6.45) is 9.97. The van der Waals surface area contributed by atoms with Gasteiger partial charge in [0.1, 0.15) is 0 Å². The van der Waals surface area contributed by atoms with Gasteiger partial charge in [-0.3, -0.25) is 9.59 Å². The van der Waals surface area contributed by atoms with Gasteiger partial charge in [-0.25, -0.2) is 4.79 Å². The maximum absolute atomic E-state index is 11.9. The summed E-state index contributed by atoms with van der Waals surface area (Å²) >= 11 is 1.91. The molecular formula is C19H30N4O3S. The molecule has 150 valence electrons. The number of fused-ring (bicyclic) bond motifs is 1. The topological polar surface area (TPSA) is 99.3 Å². The quantitative estimate of drug-likeness (QED) is 0.255. The lowest BCUT2D eigenvalue weighted by Crippen LogP contribution is -2.36. The molecule has 2 fully saturated rings. The van der Waals surface area contributed by atoms with E-state index in [1.54, 1.807) is 0 Å². The fourth-order valence-electron chi connectivity index (χ4n) is 3.87. The highest BCUT2D eigenvalue weighted by molar-refractivity contribution is 8.00. The van der Waals surface area contributed by atoms with Gasteiger partial charge in [-0.05, 0) is 32.1 Å². The standard InChI is InChI=1S/C19H30N4O3S/c24-16(20-10-5-11-21-18(25)13-6-1-2-7-13)9-4-3-8-15-17-14(12-27-15)22-19(26)23-17/h1-2,13-15,17H,3-12H2,(H,20,24)(H,21,25)(H2,22,23,26)/t14-,15-,17-/m0/s1. The lowest BCUT2D eigenvalue weighted by Gasteiger charge is -2.16. The third kappa shape index (κ3) is 5.89. The van der Waals surface area contributed by atoms with Crippen molar-refractivity contribution in [3.05, 3.63) is 12.2 Å². The molecule has 3 aliphatic rings. The molecule has 2 aliphatic heterocycles. The Labute approximate surface area is 164 Å². The van der Waals surface area contributed by atoms with Crippen LogP contribution in [-0.4, -0.2) is 54.0 Å². The number of carbonyl (C=O) groups is 3. The van der Waals surface area contributed by atoms with E-state index in [-0.39, 0.29) is 35.8 Å². The molecule has 8 heteroatoms. The van der Waals surface area contributed by atoms with E-state index in [1.165, 1.54) is 0 Å². The van der Waals surface area contributed by atoms with E-state index in [0.717, 1.165) is 44.3 Å². The molecule has 0 unspecified atom stereocenters. The molecule has 7 nitrogen and oxygen atoms in total. The van der Waals surface area contributed by atoms with Gasteiger partial charge in [0.05, 0.1) is 12.1 Å². The van der Waals surface area contributed by atoms with Crippen molar-refractivity contribution in [3.8, 4) is 0 Å². The molecule has 0 bridgehead atoms. The maximum atomic E-state index is 11.9. The van der Waals surface area contributed by atoms with Gasteiger partial charge in [0, 0.05) is 36.4 Å². The molecule has 2 heterocycles. The summed E-state index contributed by atoms with van der Waals surface area (Å²) in [5, 5.41) is 12.3. The van der Waals surface area contributed by atoms with Crippen LogP contribution in [0.1, 0.15) is 44.9 Å². The minimum absolute atomic E-state index is 0.0502. The Hall–Kier alpha value is -1.70. The molecule has 0 aromatic heterocycles. The van der Waals surface area contributed by atoms with E-state index in [1.807, 2.05) is 11.8 Å². The summed E-state index contributed by atoms with van der Waals surface area (Å²) < 4.78 is 0. The summed E-state index contributed by atoms with van der Waals surface area (Å²) in [4.78, 5) is 35.1. The minimum Gasteiger partial charge on any atom is -0.356 e. The molecule has 1 aliphatic carbocycles. The van der Waals surface area contributed by atoms with Gasteiger partial charge in [-0.15, -0.1) is 0 Å². The minimum atomic E-state index is -0.0502. The van der Waals surface area contributed by atoms with Crippen molar-refractivity contribution in [1.29, 1.82) is 0 Å². The number of unbranched alkanes of at least 4 members (excludes halogenated alkanes) is 1. The van der Waals surface area contributed by atoms with Crippen LogP contribution in [0.2, 0.25) is 0 Å². The number of thioether (sulfide) groups is 1. The molecule has 2 saturated heterocycles. The van der Waals surface area contributed by atoms with Crippen LogP contribution < -0.4 is 21.3 Å². The zero-order valence-corrected chi connectivity index (χ0v) is 16.5. The Kier molecular flexibility index (Phi) is 7.43. The van der Waals surface area contributed by atoms with Crippen LogP contribution in [0.15, 0.2) is 12.2 Å². The molecule has 3 rings (SSSR count). The highest BCUT2D eigenvalue weighted by Crippen LogP contribution is 2.33. The Morgan fingerprint density at radius 2 is 1.85 bits per heavy atom. The van der Waals surface area contributed by atoms with E-state index >= 15 is 0 Å². The highest BCUT2D eigenvalue weighted by Gasteiger charge is 2.42. The first-order chi connectivity index (χ1) is 13.1. The Morgan fingerprint density at radius 3 is 2.67 bits per heavy atom. The van der Waals surface area contributed by atoms with Crippen molar-refractivity contribution >= 4 is 29.6 Å². The summed E-state index contributed by atoms with van der Waals surface area (Å²) in [5.41, 5.74) is 0. The average Bonchev–Trinajstić information content (AvgIpc) is 3.36. The van der Waals surface area contributed by atoms with Gasteiger partial charge in [-0.1, -0.05) is 18.6 Å². The van der Waals surface area contributed by atoms with Gasteiger partial charge >= 0.3 is 6.03 Å². The molecule has 3 atom stereocenters. The fourth-order valence-corrected chi connectivity index (χ4v) is 5.41. The first-order valence-electron chi connectivity index (χ1n) is 10.0. The van der Waals surface area contributed by atoms with Crippen molar-refractivity contribution in [3.63, 3.8) is 0 Å². The SMILES string of the molecule is O=C(CCCC[C@@H]1SC[C@@H]2NC(=O)N[C@@H]21)NCCCNC(=O)C1CC=CC1. The number of nitrogens with one attached hydrogen (secondary N) is 4. The number of allylic oxidation sites excluding steroid dienone is 2. The lowest BCUT2D eigenvalue weighted by atomic mass is 10.0.